The quantitative estimate of drug-likeness (QED) is 0.485. The third-order valence-corrected chi connectivity index (χ3v) is 6.12. The van der Waals surface area contributed by atoms with Gasteiger partial charge >= 0.3 is 6.18 Å². The maximum Gasteiger partial charge on any atom is 0.417 e. The first-order chi connectivity index (χ1) is 15.8. The van der Waals surface area contributed by atoms with Crippen LogP contribution in [0.15, 0.2) is 49.1 Å². The van der Waals surface area contributed by atoms with Crippen LogP contribution in [0.5, 0.6) is 0 Å². The molecule has 10 heteroatoms. The highest BCUT2D eigenvalue weighted by Crippen LogP contribution is 2.30. The van der Waals surface area contributed by atoms with Crippen molar-refractivity contribution in [3.63, 3.8) is 0 Å². The van der Waals surface area contributed by atoms with Crippen LogP contribution in [0.2, 0.25) is 0 Å². The van der Waals surface area contributed by atoms with E-state index in [4.69, 9.17) is 5.73 Å². The second-order valence-electron chi connectivity index (χ2n) is 8.37. The molecule has 1 amide bonds. The van der Waals surface area contributed by atoms with Gasteiger partial charge in [0.15, 0.2) is 0 Å². The standard InChI is InChI=1S/C23H21F3N6O/c24-23(25,26)16-5-6-17(29-9-16)12-31(11-14-2-1-3-14)22(33)15-4-7-18-19(8-15)32-13-28-10-20(32)21(27)30-18/h4-10,13-14H,1-3,11-12H2,(H2,27,30). The summed E-state index contributed by atoms with van der Waals surface area (Å²) in [6.07, 6.45) is 2.75. The van der Waals surface area contributed by atoms with Crippen LogP contribution in [-0.2, 0) is 12.7 Å². The average molecular weight is 454 g/mol. The summed E-state index contributed by atoms with van der Waals surface area (Å²) in [6, 6.07) is 7.49. The van der Waals surface area contributed by atoms with E-state index in [9.17, 15) is 18.0 Å². The molecule has 1 aliphatic rings. The van der Waals surface area contributed by atoms with Gasteiger partial charge in [0.05, 0.1) is 41.4 Å². The SMILES string of the molecule is Nc1nc2ccc(C(=O)N(Cc3ccc(C(F)(F)F)cn3)CC3CCC3)cc2n2cncc12. The van der Waals surface area contributed by atoms with Gasteiger partial charge in [-0.1, -0.05) is 6.42 Å². The summed E-state index contributed by atoms with van der Waals surface area (Å²) < 4.78 is 40.4. The second kappa shape index (κ2) is 8.02. The molecule has 0 unspecified atom stereocenters. The van der Waals surface area contributed by atoms with Crippen LogP contribution in [0.3, 0.4) is 0 Å². The predicted molar refractivity (Wildman–Crippen MR) is 116 cm³/mol. The van der Waals surface area contributed by atoms with Crippen molar-refractivity contribution in [2.24, 2.45) is 5.92 Å². The number of imidazole rings is 1. The van der Waals surface area contributed by atoms with Crippen molar-refractivity contribution in [1.29, 1.82) is 0 Å². The highest BCUT2D eigenvalue weighted by atomic mass is 19.4. The molecule has 33 heavy (non-hydrogen) atoms. The van der Waals surface area contributed by atoms with Crippen LogP contribution in [-0.4, -0.2) is 36.7 Å². The zero-order valence-electron chi connectivity index (χ0n) is 17.6. The molecule has 0 spiro atoms. The van der Waals surface area contributed by atoms with Crippen molar-refractivity contribution in [1.82, 2.24) is 24.3 Å². The van der Waals surface area contributed by atoms with Gasteiger partial charge in [-0.25, -0.2) is 9.97 Å². The van der Waals surface area contributed by atoms with Crippen LogP contribution >= 0.6 is 0 Å². The lowest BCUT2D eigenvalue weighted by molar-refractivity contribution is -0.137. The third-order valence-electron chi connectivity index (χ3n) is 6.12. The molecule has 170 valence electrons. The number of nitrogen functional groups attached to an aromatic ring is 1. The fraction of sp³-hybridized carbons (Fsp3) is 0.304. The van der Waals surface area contributed by atoms with Crippen LogP contribution in [0.4, 0.5) is 19.0 Å². The fourth-order valence-corrected chi connectivity index (χ4v) is 4.08. The number of carbonyl (C=O) groups excluding carboxylic acids is 1. The van der Waals surface area contributed by atoms with Crippen molar-refractivity contribution in [3.8, 4) is 0 Å². The largest absolute Gasteiger partial charge is 0.417 e. The molecule has 5 rings (SSSR count). The van der Waals surface area contributed by atoms with Crippen molar-refractivity contribution in [2.75, 3.05) is 12.3 Å². The Balaban J connectivity index is 1.46. The normalized spacial score (nSPS) is 14.5. The molecular formula is C23H21F3N6O. The summed E-state index contributed by atoms with van der Waals surface area (Å²) >= 11 is 0. The second-order valence-corrected chi connectivity index (χ2v) is 8.37. The lowest BCUT2D eigenvalue weighted by atomic mass is 9.85. The molecule has 0 bridgehead atoms. The van der Waals surface area contributed by atoms with Crippen LogP contribution in [0, 0.1) is 5.92 Å². The number of anilines is 1. The Hall–Kier alpha value is -3.69. The van der Waals surface area contributed by atoms with Gasteiger partial charge in [0.25, 0.3) is 5.91 Å². The molecule has 7 nitrogen and oxygen atoms in total. The summed E-state index contributed by atoms with van der Waals surface area (Å²) in [4.78, 5) is 27.6. The van der Waals surface area contributed by atoms with E-state index in [-0.39, 0.29) is 12.5 Å². The molecule has 3 heterocycles. The van der Waals surface area contributed by atoms with Crippen molar-refractivity contribution in [2.45, 2.75) is 32.0 Å². The molecule has 1 aliphatic carbocycles. The molecule has 1 fully saturated rings. The van der Waals surface area contributed by atoms with Crippen molar-refractivity contribution < 1.29 is 18.0 Å². The van der Waals surface area contributed by atoms with Crippen LogP contribution in [0.1, 0.15) is 40.9 Å². The number of carbonyl (C=O) groups is 1. The molecule has 0 saturated heterocycles. The molecule has 1 aromatic carbocycles. The van der Waals surface area contributed by atoms with E-state index in [1.54, 1.807) is 40.0 Å². The molecule has 3 aromatic heterocycles. The number of hydrogen-bond acceptors (Lipinski definition) is 5. The van der Waals surface area contributed by atoms with Gasteiger partial charge in [0.1, 0.15) is 11.3 Å². The van der Waals surface area contributed by atoms with E-state index in [1.165, 1.54) is 6.07 Å². The number of hydrogen-bond donors (Lipinski definition) is 1. The number of aromatic nitrogens is 4. The Labute approximate surface area is 187 Å². The first kappa shape index (κ1) is 21.2. The Kier molecular flexibility index (Phi) is 5.15. The number of nitrogens with zero attached hydrogens (tertiary/aromatic N) is 5. The number of rotatable bonds is 5. The molecule has 4 aromatic rings. The van der Waals surface area contributed by atoms with Crippen LogP contribution < -0.4 is 5.73 Å². The summed E-state index contributed by atoms with van der Waals surface area (Å²) in [5.41, 5.74) is 8.00. The number of fused-ring (bicyclic) bond motifs is 3. The van der Waals surface area contributed by atoms with E-state index in [0.29, 0.717) is 46.1 Å². The van der Waals surface area contributed by atoms with Gasteiger partial charge in [-0.15, -0.1) is 0 Å². The molecule has 0 atom stereocenters. The Morgan fingerprint density at radius 3 is 2.64 bits per heavy atom. The van der Waals surface area contributed by atoms with Crippen molar-refractivity contribution in [3.05, 3.63) is 65.9 Å². The number of nitrogens with two attached hydrogens (primary N) is 1. The maximum atomic E-state index is 13.5. The number of halogens is 3. The van der Waals surface area contributed by atoms with Gasteiger partial charge in [-0.3, -0.25) is 14.2 Å². The maximum absolute atomic E-state index is 13.5. The zero-order valence-corrected chi connectivity index (χ0v) is 17.6. The first-order valence-corrected chi connectivity index (χ1v) is 10.6. The number of benzene rings is 1. The Morgan fingerprint density at radius 2 is 1.97 bits per heavy atom. The number of pyridine rings is 1. The van der Waals surface area contributed by atoms with Crippen molar-refractivity contribution >= 4 is 28.3 Å². The van der Waals surface area contributed by atoms with Gasteiger partial charge in [-0.2, -0.15) is 13.2 Å². The number of amides is 1. The van der Waals surface area contributed by atoms with E-state index < -0.39 is 11.7 Å². The summed E-state index contributed by atoms with van der Waals surface area (Å²) in [5, 5.41) is 0. The summed E-state index contributed by atoms with van der Waals surface area (Å²) in [6.45, 7) is 0.659. The minimum atomic E-state index is -4.45. The number of alkyl halides is 3. The highest BCUT2D eigenvalue weighted by Gasteiger charge is 2.31. The molecular weight excluding hydrogens is 433 g/mol. The zero-order chi connectivity index (χ0) is 23.2. The average Bonchev–Trinajstić information content (AvgIpc) is 3.25. The van der Waals surface area contributed by atoms with Gasteiger partial charge in [0, 0.05) is 18.3 Å². The lowest BCUT2D eigenvalue weighted by Crippen LogP contribution is -2.37. The van der Waals surface area contributed by atoms with Gasteiger partial charge < -0.3 is 10.6 Å². The summed E-state index contributed by atoms with van der Waals surface area (Å²) in [5.74, 6) is 0.514. The fourth-order valence-electron chi connectivity index (χ4n) is 4.08. The molecule has 1 saturated carbocycles. The third kappa shape index (κ3) is 4.08. The summed E-state index contributed by atoms with van der Waals surface area (Å²) in [7, 11) is 0. The van der Waals surface area contributed by atoms with E-state index in [2.05, 4.69) is 15.0 Å². The van der Waals surface area contributed by atoms with Gasteiger partial charge in [0.2, 0.25) is 0 Å². The minimum absolute atomic E-state index is 0.131. The minimum Gasteiger partial charge on any atom is -0.382 e. The van der Waals surface area contributed by atoms with E-state index in [0.717, 1.165) is 31.5 Å². The van der Waals surface area contributed by atoms with Gasteiger partial charge in [-0.05, 0) is 49.1 Å². The molecule has 2 N–H and O–H groups in total. The smallest absolute Gasteiger partial charge is 0.382 e. The Bertz CT molecular complexity index is 1330. The topological polar surface area (TPSA) is 89.4 Å². The first-order valence-electron chi connectivity index (χ1n) is 10.6. The monoisotopic (exact) mass is 454 g/mol. The van der Waals surface area contributed by atoms with Crippen LogP contribution in [0.25, 0.3) is 16.6 Å². The molecule has 0 radical (unpaired) electrons. The predicted octanol–water partition coefficient (Wildman–Crippen LogP) is 4.32. The van der Waals surface area contributed by atoms with E-state index >= 15 is 0 Å². The lowest BCUT2D eigenvalue weighted by Gasteiger charge is -2.32. The highest BCUT2D eigenvalue weighted by molar-refractivity contribution is 5.98. The van der Waals surface area contributed by atoms with E-state index in [1.807, 2.05) is 0 Å². The molecule has 0 aliphatic heterocycles. The Morgan fingerprint density at radius 1 is 1.15 bits per heavy atom.